The maximum absolute atomic E-state index is 12.8. The van der Waals surface area contributed by atoms with Gasteiger partial charge >= 0.3 is 0 Å². The molecule has 0 spiro atoms. The van der Waals surface area contributed by atoms with Crippen molar-refractivity contribution in [3.8, 4) is 0 Å². The van der Waals surface area contributed by atoms with Gasteiger partial charge in [-0.15, -0.1) is 0 Å². The quantitative estimate of drug-likeness (QED) is 0.741. The molecule has 0 fully saturated rings. The van der Waals surface area contributed by atoms with Crippen molar-refractivity contribution in [1.82, 2.24) is 10.3 Å². The van der Waals surface area contributed by atoms with E-state index in [9.17, 15) is 4.79 Å². The first-order chi connectivity index (χ1) is 10.8. The summed E-state index contributed by atoms with van der Waals surface area (Å²) in [6, 6.07) is 19.3. The van der Waals surface area contributed by atoms with Crippen molar-refractivity contribution in [2.24, 2.45) is 0 Å². The lowest BCUT2D eigenvalue weighted by molar-refractivity contribution is 0.0975. The molecule has 1 amide bonds. The average molecular weight is 293 g/mol. The van der Waals surface area contributed by atoms with Crippen LogP contribution in [-0.2, 0) is 6.54 Å². The van der Waals surface area contributed by atoms with Gasteiger partial charge in [-0.25, -0.2) is 4.63 Å². The zero-order chi connectivity index (χ0) is 15.4. The zero-order valence-corrected chi connectivity index (χ0v) is 12.1. The smallest absolute Gasteiger partial charge is 0.282 e. The van der Waals surface area contributed by atoms with Crippen LogP contribution in [0.15, 0.2) is 65.3 Å². The Balaban J connectivity index is 1.96. The minimum atomic E-state index is -0.228. The Morgan fingerprint density at radius 2 is 1.64 bits per heavy atom. The lowest BCUT2D eigenvalue weighted by Gasteiger charge is -2.22. The topological polar surface area (TPSA) is 59.2 Å². The van der Waals surface area contributed by atoms with Crippen LogP contribution in [0.2, 0.25) is 0 Å². The normalized spacial score (nSPS) is 10.4. The maximum Gasteiger partial charge on any atom is 0.282 e. The predicted octanol–water partition coefficient (Wildman–Crippen LogP) is 3.23. The van der Waals surface area contributed by atoms with E-state index < -0.39 is 0 Å². The summed E-state index contributed by atoms with van der Waals surface area (Å²) in [7, 11) is 0. The number of hydrogen-bond donors (Lipinski definition) is 0. The molecule has 22 heavy (non-hydrogen) atoms. The van der Waals surface area contributed by atoms with Gasteiger partial charge in [-0.1, -0.05) is 53.7 Å². The number of aryl methyl sites for hydroxylation is 1. The summed E-state index contributed by atoms with van der Waals surface area (Å²) >= 11 is 0. The second-order valence-electron chi connectivity index (χ2n) is 4.91. The van der Waals surface area contributed by atoms with Gasteiger partial charge in [0.2, 0.25) is 0 Å². The maximum atomic E-state index is 12.8. The molecule has 0 unspecified atom stereocenters. The number of nitrogens with zero attached hydrogens (tertiary/aromatic N) is 3. The number of carbonyl (C=O) groups is 1. The number of carbonyl (C=O) groups excluding carboxylic acids is 1. The third-order valence-corrected chi connectivity index (χ3v) is 3.35. The molecular weight excluding hydrogens is 278 g/mol. The molecular formula is C17H15N3O2. The van der Waals surface area contributed by atoms with E-state index in [0.717, 1.165) is 11.3 Å². The van der Waals surface area contributed by atoms with E-state index in [1.54, 1.807) is 11.8 Å². The van der Waals surface area contributed by atoms with Gasteiger partial charge < -0.3 is 4.90 Å². The van der Waals surface area contributed by atoms with Crippen molar-refractivity contribution >= 4 is 11.6 Å². The minimum absolute atomic E-state index is 0.228. The lowest BCUT2D eigenvalue weighted by atomic mass is 10.1. The van der Waals surface area contributed by atoms with Gasteiger partial charge in [-0.2, -0.15) is 0 Å². The van der Waals surface area contributed by atoms with Crippen LogP contribution < -0.4 is 4.90 Å². The molecule has 0 N–H and O–H groups in total. The molecule has 0 aliphatic carbocycles. The summed E-state index contributed by atoms with van der Waals surface area (Å²) in [4.78, 5) is 14.5. The molecule has 0 radical (unpaired) electrons. The Morgan fingerprint density at radius 1 is 1.00 bits per heavy atom. The molecule has 3 rings (SSSR count). The molecule has 0 saturated heterocycles. The molecule has 0 saturated carbocycles. The highest BCUT2D eigenvalue weighted by atomic mass is 16.6. The Kier molecular flexibility index (Phi) is 3.96. The van der Waals surface area contributed by atoms with Crippen LogP contribution in [0.25, 0.3) is 0 Å². The molecule has 3 aromatic rings. The molecule has 1 aromatic heterocycles. The fraction of sp³-hybridized carbons (Fsp3) is 0.118. The molecule has 0 bridgehead atoms. The predicted molar refractivity (Wildman–Crippen MR) is 82.4 cm³/mol. The monoisotopic (exact) mass is 293 g/mol. The Bertz CT molecular complexity index is 754. The standard InChI is InChI=1S/C17H15N3O2/c1-13-16(19-22-18-13)17(21)20(15-10-6-3-7-11-15)12-14-8-4-2-5-9-14/h2-11H,12H2,1H3. The highest BCUT2D eigenvalue weighted by molar-refractivity contribution is 6.05. The number of amides is 1. The molecule has 5 heteroatoms. The van der Waals surface area contributed by atoms with Crippen molar-refractivity contribution in [1.29, 1.82) is 0 Å². The number of aromatic nitrogens is 2. The summed E-state index contributed by atoms with van der Waals surface area (Å²) in [6.45, 7) is 2.16. The SMILES string of the molecule is Cc1nonc1C(=O)N(Cc1ccccc1)c1ccccc1. The summed E-state index contributed by atoms with van der Waals surface area (Å²) in [5.41, 5.74) is 2.56. The van der Waals surface area contributed by atoms with E-state index in [4.69, 9.17) is 0 Å². The first kappa shape index (κ1) is 14.0. The third-order valence-electron chi connectivity index (χ3n) is 3.35. The zero-order valence-electron chi connectivity index (χ0n) is 12.1. The van der Waals surface area contributed by atoms with Gasteiger partial charge in [0, 0.05) is 5.69 Å². The van der Waals surface area contributed by atoms with E-state index in [1.165, 1.54) is 0 Å². The van der Waals surface area contributed by atoms with Crippen LogP contribution in [0.1, 0.15) is 21.7 Å². The molecule has 0 aliphatic rings. The van der Waals surface area contributed by atoms with Crippen molar-refractivity contribution in [3.05, 3.63) is 77.6 Å². The highest BCUT2D eigenvalue weighted by Gasteiger charge is 2.23. The molecule has 2 aromatic carbocycles. The van der Waals surface area contributed by atoms with Gasteiger partial charge in [-0.05, 0) is 29.8 Å². The largest absolute Gasteiger partial charge is 0.302 e. The van der Waals surface area contributed by atoms with Crippen LogP contribution in [0, 0.1) is 6.92 Å². The summed E-state index contributed by atoms with van der Waals surface area (Å²) in [5.74, 6) is -0.228. The fourth-order valence-corrected chi connectivity index (χ4v) is 2.21. The van der Waals surface area contributed by atoms with E-state index >= 15 is 0 Å². The second kappa shape index (κ2) is 6.22. The van der Waals surface area contributed by atoms with Crippen LogP contribution in [0.3, 0.4) is 0 Å². The van der Waals surface area contributed by atoms with Crippen molar-refractivity contribution in [2.75, 3.05) is 4.90 Å². The van der Waals surface area contributed by atoms with E-state index in [0.29, 0.717) is 12.2 Å². The molecule has 110 valence electrons. The molecule has 5 nitrogen and oxygen atoms in total. The van der Waals surface area contributed by atoms with E-state index in [2.05, 4.69) is 14.9 Å². The number of benzene rings is 2. The number of para-hydroxylation sites is 1. The Hall–Kier alpha value is -2.95. The Labute approximate surface area is 128 Å². The van der Waals surface area contributed by atoms with Crippen molar-refractivity contribution in [2.45, 2.75) is 13.5 Å². The van der Waals surface area contributed by atoms with Crippen LogP contribution in [0.4, 0.5) is 5.69 Å². The van der Waals surface area contributed by atoms with Crippen molar-refractivity contribution < 1.29 is 9.42 Å². The van der Waals surface area contributed by atoms with Crippen LogP contribution in [-0.4, -0.2) is 16.2 Å². The number of anilines is 1. The van der Waals surface area contributed by atoms with Crippen LogP contribution >= 0.6 is 0 Å². The van der Waals surface area contributed by atoms with E-state index in [-0.39, 0.29) is 11.6 Å². The highest BCUT2D eigenvalue weighted by Crippen LogP contribution is 2.20. The molecule has 0 atom stereocenters. The van der Waals surface area contributed by atoms with Gasteiger partial charge in [0.05, 0.1) is 6.54 Å². The first-order valence-corrected chi connectivity index (χ1v) is 6.95. The van der Waals surface area contributed by atoms with Gasteiger partial charge in [0.15, 0.2) is 5.69 Å². The fourth-order valence-electron chi connectivity index (χ4n) is 2.21. The summed E-state index contributed by atoms with van der Waals surface area (Å²) in [5, 5.41) is 7.41. The third kappa shape index (κ3) is 2.88. The lowest BCUT2D eigenvalue weighted by Crippen LogP contribution is -2.31. The molecule has 0 aliphatic heterocycles. The second-order valence-corrected chi connectivity index (χ2v) is 4.91. The van der Waals surface area contributed by atoms with Gasteiger partial charge in [0.25, 0.3) is 5.91 Å². The van der Waals surface area contributed by atoms with E-state index in [1.807, 2.05) is 60.7 Å². The van der Waals surface area contributed by atoms with Gasteiger partial charge in [0.1, 0.15) is 5.69 Å². The summed E-state index contributed by atoms with van der Waals surface area (Å²) in [6.07, 6.45) is 0. The Morgan fingerprint density at radius 3 is 2.23 bits per heavy atom. The average Bonchev–Trinajstić information content (AvgIpc) is 3.00. The number of rotatable bonds is 4. The van der Waals surface area contributed by atoms with Gasteiger partial charge in [-0.3, -0.25) is 4.79 Å². The minimum Gasteiger partial charge on any atom is -0.302 e. The summed E-state index contributed by atoms with van der Waals surface area (Å²) < 4.78 is 4.66. The van der Waals surface area contributed by atoms with Crippen molar-refractivity contribution in [3.63, 3.8) is 0 Å². The number of hydrogen-bond acceptors (Lipinski definition) is 4. The first-order valence-electron chi connectivity index (χ1n) is 6.95. The molecule has 1 heterocycles. The van der Waals surface area contributed by atoms with Crippen LogP contribution in [0.5, 0.6) is 0 Å².